The van der Waals surface area contributed by atoms with Crippen LogP contribution in [0.15, 0.2) is 29.9 Å². The third kappa shape index (κ3) is 5.36. The fourth-order valence-electron chi connectivity index (χ4n) is 2.23. The Balaban J connectivity index is 3.69. The minimum atomic E-state index is -8.20. The van der Waals surface area contributed by atoms with Gasteiger partial charge in [0.05, 0.1) is 11.1 Å². The van der Waals surface area contributed by atoms with E-state index in [1.807, 2.05) is 0 Å². The van der Waals surface area contributed by atoms with Crippen molar-refractivity contribution in [3.8, 4) is 5.75 Å². The van der Waals surface area contributed by atoms with E-state index in [4.69, 9.17) is 10.2 Å². The molecule has 0 saturated heterocycles. The zero-order chi connectivity index (χ0) is 31.4. The van der Waals surface area contributed by atoms with Crippen LogP contribution in [0.5, 0.6) is 5.75 Å². The highest BCUT2D eigenvalue weighted by Gasteiger charge is 2.85. The van der Waals surface area contributed by atoms with Crippen molar-refractivity contribution in [1.29, 1.82) is 0 Å². The molecule has 39 heavy (non-hydrogen) atoms. The number of carboxylic acids is 2. The summed E-state index contributed by atoms with van der Waals surface area (Å²) in [6, 6.07) is -0.389. The van der Waals surface area contributed by atoms with Gasteiger partial charge in [-0.05, 0) is 18.2 Å². The van der Waals surface area contributed by atoms with E-state index in [1.54, 1.807) is 0 Å². The topological polar surface area (TPSA) is 83.8 Å². The summed E-state index contributed by atoms with van der Waals surface area (Å²) in [5, 5.41) is 17.5. The lowest BCUT2D eigenvalue weighted by molar-refractivity contribution is -0.404. The van der Waals surface area contributed by atoms with Gasteiger partial charge in [-0.15, -0.1) is 0 Å². The summed E-state index contributed by atoms with van der Waals surface area (Å²) in [5.74, 6) is -57.1. The van der Waals surface area contributed by atoms with E-state index in [0.29, 0.717) is 0 Å². The summed E-state index contributed by atoms with van der Waals surface area (Å²) >= 11 is 0. The van der Waals surface area contributed by atoms with Crippen LogP contribution < -0.4 is 4.74 Å². The Hall–Kier alpha value is -3.49. The molecule has 0 atom stereocenters. The van der Waals surface area contributed by atoms with Crippen LogP contribution >= 0.6 is 0 Å². The van der Waals surface area contributed by atoms with E-state index in [9.17, 15) is 84.2 Å². The summed E-state index contributed by atoms with van der Waals surface area (Å²) in [6.45, 7) is 0. The predicted molar refractivity (Wildman–Crippen MR) is 86.0 cm³/mol. The molecule has 0 amide bonds. The van der Waals surface area contributed by atoms with E-state index >= 15 is 0 Å². The first-order valence-electron chi connectivity index (χ1n) is 8.71. The highest BCUT2D eigenvalue weighted by molar-refractivity contribution is 5.94. The molecule has 0 aliphatic rings. The van der Waals surface area contributed by atoms with Crippen LogP contribution in [0.1, 0.15) is 20.7 Å². The zero-order valence-corrected chi connectivity index (χ0v) is 17.3. The van der Waals surface area contributed by atoms with Gasteiger partial charge >= 0.3 is 53.8 Å². The molecule has 0 radical (unpaired) electrons. The third-order valence-electron chi connectivity index (χ3n) is 4.30. The quantitative estimate of drug-likeness (QED) is 0.280. The molecule has 22 heteroatoms. The number of carboxylic acid groups (broad SMARTS) is 2. The second kappa shape index (κ2) is 9.61. The average molecular weight is 612 g/mol. The first-order chi connectivity index (χ1) is 17.0. The minimum absolute atomic E-state index is 0.149. The lowest BCUT2D eigenvalue weighted by Crippen LogP contribution is -2.64. The summed E-state index contributed by atoms with van der Waals surface area (Å²) in [6.07, 6.45) is -14.7. The van der Waals surface area contributed by atoms with E-state index in [1.165, 1.54) is 0 Å². The molecule has 0 aromatic heterocycles. The Bertz CT molecular complexity index is 1140. The lowest BCUT2D eigenvalue weighted by atomic mass is 9.99. The number of carbonyl (C=O) groups is 2. The molecular formula is C17H5F17O5. The fraction of sp³-hybridized carbons (Fsp3) is 0.412. The Morgan fingerprint density at radius 2 is 0.897 bits per heavy atom. The van der Waals surface area contributed by atoms with Crippen LogP contribution in [0, 0.1) is 0 Å². The van der Waals surface area contributed by atoms with Gasteiger partial charge in [0, 0.05) is 0 Å². The van der Waals surface area contributed by atoms with E-state index < -0.39 is 82.4 Å². The van der Waals surface area contributed by atoms with Crippen molar-refractivity contribution in [2.75, 3.05) is 0 Å². The molecule has 0 fully saturated rings. The van der Waals surface area contributed by atoms with Crippen molar-refractivity contribution in [2.45, 2.75) is 41.9 Å². The van der Waals surface area contributed by atoms with Crippen LogP contribution in [0.2, 0.25) is 0 Å². The first kappa shape index (κ1) is 33.5. The number of ether oxygens (including phenoxy) is 1. The van der Waals surface area contributed by atoms with Gasteiger partial charge < -0.3 is 14.9 Å². The van der Waals surface area contributed by atoms with Crippen LogP contribution in [0.3, 0.4) is 0 Å². The highest BCUT2D eigenvalue weighted by atomic mass is 19.4. The number of halogens is 17. The largest absolute Gasteiger partial charge is 0.478 e. The van der Waals surface area contributed by atoms with Gasteiger partial charge in [0.15, 0.2) is 0 Å². The molecule has 0 unspecified atom stereocenters. The number of allylic oxidation sites excluding steroid dienone is 2. The maximum absolute atomic E-state index is 13.9. The van der Waals surface area contributed by atoms with Crippen molar-refractivity contribution < 1.29 is 99.2 Å². The number of alkyl halides is 15. The first-order valence-corrected chi connectivity index (χ1v) is 8.71. The Kier molecular flexibility index (Phi) is 8.26. The van der Waals surface area contributed by atoms with Crippen LogP contribution in [-0.4, -0.2) is 64.0 Å². The second-order valence-electron chi connectivity index (χ2n) is 6.97. The SMILES string of the molecule is O=C(O)c1cc(OC(F)(F)C(F)(F)C(F)(F)C(F)(F)/C(F)=C(\F)C(F)(F)C(F)(F)C(F)(F)F)cc(C(=O)O)c1. The summed E-state index contributed by atoms with van der Waals surface area (Å²) in [4.78, 5) is 21.7. The van der Waals surface area contributed by atoms with Crippen molar-refractivity contribution in [1.82, 2.24) is 0 Å². The molecule has 0 heterocycles. The maximum atomic E-state index is 13.9. The van der Waals surface area contributed by atoms with Gasteiger partial charge in [-0.2, -0.15) is 65.9 Å². The Morgan fingerprint density at radius 1 is 0.564 bits per heavy atom. The van der Waals surface area contributed by atoms with Gasteiger partial charge in [-0.25, -0.2) is 18.4 Å². The van der Waals surface area contributed by atoms with Crippen LogP contribution in [-0.2, 0) is 0 Å². The van der Waals surface area contributed by atoms with Gasteiger partial charge in [0.1, 0.15) is 5.75 Å². The summed E-state index contributed by atoms with van der Waals surface area (Å²) in [5.41, 5.74) is -2.77. The standard InChI is InChI=1S/C17H5F17O5/c18-7(8(19)12(22,23)14(26,27)16(30,31)32)11(20,21)13(24,25)15(28,29)17(33,34)39-6-2-4(9(35)36)1-5(3-6)10(37)38/h1-3H,(H,35,36)(H,37,38)/b8-7+. The number of rotatable bonds is 10. The molecule has 1 aromatic carbocycles. The average Bonchev–Trinajstić information content (AvgIpc) is 2.75. The minimum Gasteiger partial charge on any atom is -0.478 e. The molecule has 0 aliphatic heterocycles. The Morgan fingerprint density at radius 3 is 1.21 bits per heavy atom. The normalized spacial score (nSPS) is 15.1. The third-order valence-corrected chi connectivity index (χ3v) is 4.30. The zero-order valence-electron chi connectivity index (χ0n) is 17.3. The van der Waals surface area contributed by atoms with Crippen molar-refractivity contribution in [2.24, 2.45) is 0 Å². The molecule has 0 bridgehead atoms. The molecule has 0 spiro atoms. The highest BCUT2D eigenvalue weighted by Crippen LogP contribution is 2.58. The number of hydrogen-bond donors (Lipinski definition) is 2. The molecule has 1 rings (SSSR count). The van der Waals surface area contributed by atoms with Gasteiger partial charge in [0.2, 0.25) is 11.7 Å². The predicted octanol–water partition coefficient (Wildman–Crippen LogP) is 6.94. The van der Waals surface area contributed by atoms with Crippen molar-refractivity contribution in [3.63, 3.8) is 0 Å². The van der Waals surface area contributed by atoms with E-state index in [-0.39, 0.29) is 18.2 Å². The maximum Gasteiger partial charge on any atom is 0.471 e. The van der Waals surface area contributed by atoms with Gasteiger partial charge in [-0.1, -0.05) is 0 Å². The summed E-state index contributed by atoms with van der Waals surface area (Å²) < 4.78 is 228. The second-order valence-corrected chi connectivity index (χ2v) is 6.97. The van der Waals surface area contributed by atoms with Gasteiger partial charge in [0.25, 0.3) is 0 Å². The summed E-state index contributed by atoms with van der Waals surface area (Å²) in [7, 11) is 0. The Labute approximate surface area is 201 Å². The number of aromatic carboxylic acids is 2. The van der Waals surface area contributed by atoms with E-state index in [0.717, 1.165) is 0 Å². The smallest absolute Gasteiger partial charge is 0.471 e. The molecule has 5 nitrogen and oxygen atoms in total. The number of hydrogen-bond acceptors (Lipinski definition) is 3. The molecular weight excluding hydrogens is 607 g/mol. The van der Waals surface area contributed by atoms with Crippen molar-refractivity contribution >= 4 is 11.9 Å². The van der Waals surface area contributed by atoms with Gasteiger partial charge in [-0.3, -0.25) is 0 Å². The molecule has 0 saturated carbocycles. The fourth-order valence-corrected chi connectivity index (χ4v) is 2.23. The molecule has 222 valence electrons. The molecule has 1 aromatic rings. The lowest BCUT2D eigenvalue weighted by Gasteiger charge is -2.36. The van der Waals surface area contributed by atoms with Crippen LogP contribution in [0.25, 0.3) is 0 Å². The molecule has 0 aliphatic carbocycles. The number of benzene rings is 1. The monoisotopic (exact) mass is 612 g/mol. The molecule has 2 N–H and O–H groups in total. The van der Waals surface area contributed by atoms with E-state index in [2.05, 4.69) is 4.74 Å². The van der Waals surface area contributed by atoms with Crippen molar-refractivity contribution in [3.05, 3.63) is 41.0 Å². The van der Waals surface area contributed by atoms with Crippen LogP contribution in [0.4, 0.5) is 74.6 Å².